The number of aliphatic hydroxyl groups excluding tert-OH is 1. The number of aromatic carboxylic acids is 1. The van der Waals surface area contributed by atoms with E-state index in [1.54, 1.807) is 0 Å². The Balaban J connectivity index is 2.96. The molecule has 0 amide bonds. The van der Waals surface area contributed by atoms with Gasteiger partial charge in [0.1, 0.15) is 0 Å². The van der Waals surface area contributed by atoms with Crippen molar-refractivity contribution in [2.24, 2.45) is 0 Å². The van der Waals surface area contributed by atoms with E-state index in [9.17, 15) is 9.90 Å². The average Bonchev–Trinajstić information content (AvgIpc) is 2.35. The minimum atomic E-state index is -1.73. The van der Waals surface area contributed by atoms with Crippen LogP contribution in [0.15, 0.2) is 18.2 Å². The van der Waals surface area contributed by atoms with Gasteiger partial charge in [-0.25, -0.2) is 4.79 Å². The minimum Gasteiger partial charge on any atom is -0.478 e. The lowest BCUT2D eigenvalue weighted by Crippen LogP contribution is -2.34. The van der Waals surface area contributed by atoms with Gasteiger partial charge in [0.05, 0.1) is 17.5 Å². The maximum Gasteiger partial charge on any atom is 0.490 e. The highest BCUT2D eigenvalue weighted by Crippen LogP contribution is 2.09. The number of halogens is 1. The molecule has 1 aromatic rings. The van der Waals surface area contributed by atoms with Crippen molar-refractivity contribution in [2.45, 2.75) is 6.10 Å². The summed E-state index contributed by atoms with van der Waals surface area (Å²) in [5, 5.41) is 39.1. The van der Waals surface area contributed by atoms with Gasteiger partial charge in [0, 0.05) is 17.7 Å². The molecule has 0 heterocycles. The molecule has 0 aliphatic heterocycles. The van der Waals surface area contributed by atoms with Crippen LogP contribution in [0.25, 0.3) is 0 Å². The zero-order chi connectivity index (χ0) is 13.7. The van der Waals surface area contributed by atoms with Crippen molar-refractivity contribution in [3.8, 4) is 0 Å². The normalized spacial score (nSPS) is 12.0. The fraction of sp³-hybridized carbons (Fsp3) is 0.300. The van der Waals surface area contributed by atoms with E-state index in [0.29, 0.717) is 0 Å². The van der Waals surface area contributed by atoms with Gasteiger partial charge in [-0.15, -0.1) is 11.6 Å². The standard InChI is InChI=1S/C10H13BClNO5/c12-4-7(14)5-13-9-3-6(10(15)16)1-2-8(9)11(17)18/h1-3,7,13-14,17-18H,4-5H2,(H,15,16). The van der Waals surface area contributed by atoms with Gasteiger partial charge < -0.3 is 25.6 Å². The summed E-state index contributed by atoms with van der Waals surface area (Å²) in [5.74, 6) is -1.11. The zero-order valence-electron chi connectivity index (χ0n) is 9.38. The number of anilines is 1. The van der Waals surface area contributed by atoms with E-state index >= 15 is 0 Å². The van der Waals surface area contributed by atoms with Crippen LogP contribution >= 0.6 is 11.6 Å². The molecule has 0 saturated carbocycles. The van der Waals surface area contributed by atoms with Crippen molar-refractivity contribution >= 4 is 35.8 Å². The lowest BCUT2D eigenvalue weighted by atomic mass is 9.78. The first-order valence-corrected chi connectivity index (χ1v) is 5.70. The number of rotatable bonds is 6. The lowest BCUT2D eigenvalue weighted by Gasteiger charge is -2.14. The van der Waals surface area contributed by atoms with Crippen LogP contribution in [0, 0.1) is 0 Å². The summed E-state index contributed by atoms with van der Waals surface area (Å²) < 4.78 is 0. The summed E-state index contributed by atoms with van der Waals surface area (Å²) in [4.78, 5) is 10.8. The van der Waals surface area contributed by atoms with Crippen LogP contribution in [-0.4, -0.2) is 51.9 Å². The van der Waals surface area contributed by atoms with Gasteiger partial charge in [-0.2, -0.15) is 0 Å². The van der Waals surface area contributed by atoms with Crippen molar-refractivity contribution in [1.82, 2.24) is 0 Å². The SMILES string of the molecule is O=C(O)c1ccc(B(O)O)c(NCC(O)CCl)c1. The second-order valence-electron chi connectivity index (χ2n) is 3.67. The molecular formula is C10H13BClNO5. The third-order valence-electron chi connectivity index (χ3n) is 2.28. The van der Waals surface area contributed by atoms with Crippen LogP contribution in [0.1, 0.15) is 10.4 Å². The molecule has 6 nitrogen and oxygen atoms in total. The van der Waals surface area contributed by atoms with Crippen LogP contribution in [0.2, 0.25) is 0 Å². The Morgan fingerprint density at radius 1 is 1.44 bits per heavy atom. The number of carboxylic acids is 1. The van der Waals surface area contributed by atoms with Gasteiger partial charge >= 0.3 is 13.1 Å². The molecule has 5 N–H and O–H groups in total. The molecule has 18 heavy (non-hydrogen) atoms. The van der Waals surface area contributed by atoms with Crippen LogP contribution in [0.5, 0.6) is 0 Å². The number of hydrogen-bond donors (Lipinski definition) is 5. The Morgan fingerprint density at radius 2 is 2.11 bits per heavy atom. The molecule has 1 unspecified atom stereocenters. The van der Waals surface area contributed by atoms with E-state index in [2.05, 4.69) is 5.32 Å². The molecule has 0 radical (unpaired) electrons. The topological polar surface area (TPSA) is 110 Å². The largest absolute Gasteiger partial charge is 0.490 e. The maximum atomic E-state index is 10.8. The molecule has 1 rings (SSSR count). The van der Waals surface area contributed by atoms with Gasteiger partial charge in [-0.1, -0.05) is 6.07 Å². The fourth-order valence-electron chi connectivity index (χ4n) is 1.35. The predicted molar refractivity (Wildman–Crippen MR) is 68.4 cm³/mol. The molecular weight excluding hydrogens is 260 g/mol. The van der Waals surface area contributed by atoms with E-state index in [0.717, 1.165) is 0 Å². The second-order valence-corrected chi connectivity index (χ2v) is 3.98. The molecule has 0 saturated heterocycles. The van der Waals surface area contributed by atoms with E-state index in [4.69, 9.17) is 26.8 Å². The minimum absolute atomic E-state index is 0.00210. The third-order valence-corrected chi connectivity index (χ3v) is 2.64. The molecule has 0 aliphatic rings. The predicted octanol–water partition coefficient (Wildman–Crippen LogP) is -0.924. The summed E-state index contributed by atoms with van der Waals surface area (Å²) in [5.41, 5.74) is 0.359. The molecule has 8 heteroatoms. The number of carbonyl (C=O) groups is 1. The van der Waals surface area contributed by atoms with Gasteiger partial charge in [0.25, 0.3) is 0 Å². The first-order valence-electron chi connectivity index (χ1n) is 5.17. The van der Waals surface area contributed by atoms with E-state index in [-0.39, 0.29) is 29.1 Å². The summed E-state index contributed by atoms with van der Waals surface area (Å²) in [7, 11) is -1.73. The highest BCUT2D eigenvalue weighted by Gasteiger charge is 2.18. The zero-order valence-corrected chi connectivity index (χ0v) is 10.1. The van der Waals surface area contributed by atoms with Crippen molar-refractivity contribution in [2.75, 3.05) is 17.7 Å². The summed E-state index contributed by atoms with van der Waals surface area (Å²) in [6.07, 6.45) is -0.816. The Labute approximate surface area is 109 Å². The Kier molecular flexibility index (Phi) is 5.42. The highest BCUT2D eigenvalue weighted by molar-refractivity contribution is 6.60. The van der Waals surface area contributed by atoms with E-state index in [1.807, 2.05) is 0 Å². The third kappa shape index (κ3) is 3.88. The molecule has 0 bridgehead atoms. The number of carboxylic acid groups (broad SMARTS) is 1. The highest BCUT2D eigenvalue weighted by atomic mass is 35.5. The number of aliphatic hydroxyl groups is 1. The molecule has 1 aromatic carbocycles. The average molecular weight is 273 g/mol. The van der Waals surface area contributed by atoms with Gasteiger partial charge in [-0.3, -0.25) is 0 Å². The molecule has 0 spiro atoms. The molecule has 0 aliphatic carbocycles. The first-order chi connectivity index (χ1) is 8.45. The molecule has 0 aromatic heterocycles. The lowest BCUT2D eigenvalue weighted by molar-refractivity contribution is 0.0697. The van der Waals surface area contributed by atoms with Gasteiger partial charge in [0.15, 0.2) is 0 Å². The van der Waals surface area contributed by atoms with Crippen LogP contribution in [0.3, 0.4) is 0 Å². The number of alkyl halides is 1. The van der Waals surface area contributed by atoms with E-state index in [1.165, 1.54) is 18.2 Å². The summed E-state index contributed by atoms with van der Waals surface area (Å²) >= 11 is 5.42. The Bertz CT molecular complexity index is 429. The van der Waals surface area contributed by atoms with Crippen LogP contribution in [0.4, 0.5) is 5.69 Å². The first kappa shape index (κ1) is 14.8. The second kappa shape index (κ2) is 6.60. The van der Waals surface area contributed by atoms with Crippen molar-refractivity contribution in [3.05, 3.63) is 23.8 Å². The monoisotopic (exact) mass is 273 g/mol. The quantitative estimate of drug-likeness (QED) is 0.339. The maximum absolute atomic E-state index is 10.8. The van der Waals surface area contributed by atoms with Crippen LogP contribution in [-0.2, 0) is 0 Å². The molecule has 0 fully saturated rings. The van der Waals surface area contributed by atoms with Crippen molar-refractivity contribution in [1.29, 1.82) is 0 Å². The Hall–Kier alpha value is -1.28. The number of hydrogen-bond acceptors (Lipinski definition) is 5. The number of benzene rings is 1. The van der Waals surface area contributed by atoms with Crippen LogP contribution < -0.4 is 10.8 Å². The van der Waals surface area contributed by atoms with E-state index < -0.39 is 19.2 Å². The fourth-order valence-corrected chi connectivity index (χ4v) is 1.46. The van der Waals surface area contributed by atoms with Gasteiger partial charge in [0.2, 0.25) is 0 Å². The molecule has 1 atom stereocenters. The van der Waals surface area contributed by atoms with Crippen molar-refractivity contribution < 1.29 is 25.1 Å². The van der Waals surface area contributed by atoms with Gasteiger partial charge in [-0.05, 0) is 12.1 Å². The summed E-state index contributed by atoms with van der Waals surface area (Å²) in [6, 6.07) is 3.82. The Morgan fingerprint density at radius 3 is 2.61 bits per heavy atom. The van der Waals surface area contributed by atoms with Crippen molar-refractivity contribution in [3.63, 3.8) is 0 Å². The molecule has 98 valence electrons. The smallest absolute Gasteiger partial charge is 0.478 e. The number of nitrogens with one attached hydrogen (secondary N) is 1. The summed E-state index contributed by atoms with van der Waals surface area (Å²) in [6.45, 7) is 0.0757.